The molecule has 0 aliphatic carbocycles. The van der Waals surface area contributed by atoms with Crippen molar-refractivity contribution in [3.8, 4) is 5.69 Å². The van der Waals surface area contributed by atoms with Gasteiger partial charge in [-0.25, -0.2) is 9.55 Å². The zero-order valence-corrected chi connectivity index (χ0v) is 25.1. The number of fused-ring (bicyclic) bond motifs is 1. The maximum Gasteiger partial charge on any atom is 0.494 e. The maximum atomic E-state index is 13.9. The van der Waals surface area contributed by atoms with Crippen molar-refractivity contribution in [2.24, 2.45) is 0 Å². The number of benzene rings is 2. The largest absolute Gasteiger partial charge is 0.494 e. The number of amides is 1. The van der Waals surface area contributed by atoms with Crippen molar-refractivity contribution >= 4 is 47.6 Å². The second-order valence-electron chi connectivity index (χ2n) is 11.6. The van der Waals surface area contributed by atoms with E-state index in [0.717, 1.165) is 5.46 Å². The minimum absolute atomic E-state index is 0.0257. The Kier molecular flexibility index (Phi) is 7.55. The van der Waals surface area contributed by atoms with Crippen molar-refractivity contribution in [3.05, 3.63) is 79.7 Å². The van der Waals surface area contributed by atoms with Gasteiger partial charge in [-0.15, -0.1) is 0 Å². The summed E-state index contributed by atoms with van der Waals surface area (Å²) in [7, 11) is -0.496. The quantitative estimate of drug-likeness (QED) is 0.433. The van der Waals surface area contributed by atoms with Crippen LogP contribution in [-0.2, 0) is 22.3 Å². The van der Waals surface area contributed by atoms with Crippen molar-refractivity contribution in [1.29, 1.82) is 0 Å². The molecule has 0 saturated carbocycles. The monoisotopic (exact) mass is 582 g/mol. The Morgan fingerprint density at radius 3 is 2.27 bits per heavy atom. The normalized spacial score (nSPS) is 17.7. The molecule has 3 heterocycles. The lowest BCUT2D eigenvalue weighted by atomic mass is 9.79. The van der Waals surface area contributed by atoms with Crippen LogP contribution in [0, 0.1) is 0 Å². The van der Waals surface area contributed by atoms with Crippen molar-refractivity contribution < 1.29 is 14.1 Å². The van der Waals surface area contributed by atoms with Crippen LogP contribution >= 0.6 is 23.2 Å². The van der Waals surface area contributed by atoms with Gasteiger partial charge in [0.2, 0.25) is 5.95 Å². The summed E-state index contributed by atoms with van der Waals surface area (Å²) in [4.78, 5) is 33.6. The molecule has 1 fully saturated rings. The van der Waals surface area contributed by atoms with Gasteiger partial charge in [0.25, 0.3) is 11.5 Å². The van der Waals surface area contributed by atoms with E-state index in [4.69, 9.17) is 37.5 Å². The molecule has 0 unspecified atom stereocenters. The number of carbonyl (C=O) groups is 1. The summed E-state index contributed by atoms with van der Waals surface area (Å²) >= 11 is 12.2. The van der Waals surface area contributed by atoms with Crippen LogP contribution in [0.3, 0.4) is 0 Å². The highest BCUT2D eigenvalue weighted by atomic mass is 35.5. The molecule has 8 nitrogen and oxygen atoms in total. The average Bonchev–Trinajstić information content (AvgIpc) is 3.11. The van der Waals surface area contributed by atoms with Crippen molar-refractivity contribution in [2.75, 3.05) is 11.9 Å². The molecule has 1 saturated heterocycles. The molecule has 0 radical (unpaired) electrons. The Morgan fingerprint density at radius 2 is 1.68 bits per heavy atom. The van der Waals surface area contributed by atoms with E-state index in [-0.39, 0.29) is 24.1 Å². The van der Waals surface area contributed by atoms with E-state index in [1.807, 2.05) is 65.8 Å². The van der Waals surface area contributed by atoms with E-state index >= 15 is 0 Å². The molecule has 0 bridgehead atoms. The van der Waals surface area contributed by atoms with Crippen LogP contribution < -0.4 is 16.3 Å². The van der Waals surface area contributed by atoms with Gasteiger partial charge in [-0.1, -0.05) is 35.3 Å². The molecule has 3 aromatic rings. The molecule has 1 aromatic heterocycles. The molecule has 1 amide bonds. The zero-order valence-electron chi connectivity index (χ0n) is 23.5. The van der Waals surface area contributed by atoms with Gasteiger partial charge in [0.15, 0.2) is 0 Å². The maximum absolute atomic E-state index is 13.9. The van der Waals surface area contributed by atoms with Crippen LogP contribution in [0.5, 0.6) is 0 Å². The van der Waals surface area contributed by atoms with Crippen LogP contribution in [0.2, 0.25) is 10.0 Å². The number of hydrogen-bond acceptors (Lipinski definition) is 6. The summed E-state index contributed by atoms with van der Waals surface area (Å²) < 4.78 is 14.0. The molecular weight excluding hydrogens is 550 g/mol. The van der Waals surface area contributed by atoms with Crippen molar-refractivity contribution in [1.82, 2.24) is 14.5 Å². The predicted molar refractivity (Wildman–Crippen MR) is 159 cm³/mol. The standard InChI is InChI=1S/C29H33BCl2N4O4/c1-17(2)33-27-34-24-16-35(25(37)18-7-12-22(31)23(32)15-18)14-13-21(24)26(38)36(27)20-10-8-19(9-11-20)30-39-28(3,4)29(5,6)40-30/h7-12,15,17H,13-14,16H2,1-6H3,(H,33,34). The molecule has 1 N–H and O–H groups in total. The summed E-state index contributed by atoms with van der Waals surface area (Å²) in [5.74, 6) is 0.234. The van der Waals surface area contributed by atoms with Crippen molar-refractivity contribution in [3.63, 3.8) is 0 Å². The first-order valence-electron chi connectivity index (χ1n) is 13.4. The van der Waals surface area contributed by atoms with Gasteiger partial charge in [0.1, 0.15) is 0 Å². The molecule has 0 spiro atoms. The fourth-order valence-electron chi connectivity index (χ4n) is 4.83. The highest BCUT2D eigenvalue weighted by molar-refractivity contribution is 6.62. The van der Waals surface area contributed by atoms with E-state index < -0.39 is 18.3 Å². The second-order valence-corrected chi connectivity index (χ2v) is 12.4. The molecule has 11 heteroatoms. The Labute approximate surface area is 244 Å². The molecule has 0 atom stereocenters. The molecule has 2 aromatic carbocycles. The summed E-state index contributed by atoms with van der Waals surface area (Å²) in [5.41, 5.74) is 2.12. The van der Waals surface area contributed by atoms with Gasteiger partial charge < -0.3 is 19.5 Å². The summed E-state index contributed by atoms with van der Waals surface area (Å²) in [6.45, 7) is 12.6. The van der Waals surface area contributed by atoms with Crippen molar-refractivity contribution in [2.45, 2.75) is 71.8 Å². The number of carbonyl (C=O) groups excluding carboxylic acids is 1. The Hall–Kier alpha value is -2.85. The highest BCUT2D eigenvalue weighted by Gasteiger charge is 2.51. The summed E-state index contributed by atoms with van der Waals surface area (Å²) in [6, 6.07) is 12.4. The first-order chi connectivity index (χ1) is 18.8. The molecule has 210 valence electrons. The fraction of sp³-hybridized carbons (Fsp3) is 0.414. The van der Waals surface area contributed by atoms with Crippen LogP contribution in [0.25, 0.3) is 5.69 Å². The number of rotatable bonds is 5. The van der Waals surface area contributed by atoms with Gasteiger partial charge in [-0.3, -0.25) is 9.59 Å². The topological polar surface area (TPSA) is 85.7 Å². The fourth-order valence-corrected chi connectivity index (χ4v) is 5.13. The number of aromatic nitrogens is 2. The van der Waals surface area contributed by atoms with E-state index in [1.165, 1.54) is 0 Å². The lowest BCUT2D eigenvalue weighted by molar-refractivity contribution is 0.00578. The lowest BCUT2D eigenvalue weighted by Crippen LogP contribution is -2.41. The SMILES string of the molecule is CC(C)Nc1nc2c(c(=O)n1-c1ccc(B3OC(C)(C)C(C)(C)O3)cc1)CCN(C(=O)c1ccc(Cl)c(Cl)c1)C2. The summed E-state index contributed by atoms with van der Waals surface area (Å²) in [6.07, 6.45) is 0.391. The van der Waals surface area contributed by atoms with E-state index in [0.29, 0.717) is 51.5 Å². The van der Waals surface area contributed by atoms with Gasteiger partial charge in [0, 0.05) is 23.7 Å². The molecular formula is C29H33BCl2N4O4. The zero-order chi connectivity index (χ0) is 29.0. The minimum Gasteiger partial charge on any atom is -0.399 e. The van der Waals surface area contributed by atoms with Crippen LogP contribution in [0.4, 0.5) is 5.95 Å². The average molecular weight is 583 g/mol. The first-order valence-corrected chi connectivity index (χ1v) is 14.1. The second kappa shape index (κ2) is 10.5. The Balaban J connectivity index is 1.46. The van der Waals surface area contributed by atoms with Crippen LogP contribution in [0.1, 0.15) is 63.2 Å². The van der Waals surface area contributed by atoms with Crippen LogP contribution in [0.15, 0.2) is 47.3 Å². The van der Waals surface area contributed by atoms with Crippen LogP contribution in [-0.4, -0.2) is 51.3 Å². The third kappa shape index (κ3) is 5.28. The molecule has 40 heavy (non-hydrogen) atoms. The van der Waals surface area contributed by atoms with Gasteiger partial charge in [-0.05, 0) is 83.8 Å². The molecule has 5 rings (SSSR count). The predicted octanol–water partition coefficient (Wildman–Crippen LogP) is 4.86. The van der Waals surface area contributed by atoms with Gasteiger partial charge >= 0.3 is 7.12 Å². The minimum atomic E-state index is -0.496. The lowest BCUT2D eigenvalue weighted by Gasteiger charge is -2.32. The third-order valence-corrected chi connectivity index (χ3v) is 8.52. The van der Waals surface area contributed by atoms with Gasteiger partial charge in [0.05, 0.1) is 39.2 Å². The Morgan fingerprint density at radius 1 is 1.02 bits per heavy atom. The highest BCUT2D eigenvalue weighted by Crippen LogP contribution is 2.36. The number of anilines is 1. The smallest absolute Gasteiger partial charge is 0.399 e. The number of hydrogen-bond donors (Lipinski definition) is 1. The Bertz CT molecular complexity index is 1510. The van der Waals surface area contributed by atoms with Gasteiger partial charge in [-0.2, -0.15) is 0 Å². The third-order valence-electron chi connectivity index (χ3n) is 7.78. The number of nitrogens with zero attached hydrogens (tertiary/aromatic N) is 3. The van der Waals surface area contributed by atoms with E-state index in [2.05, 4.69) is 5.32 Å². The summed E-state index contributed by atoms with van der Waals surface area (Å²) in [5, 5.41) is 4.02. The number of nitrogens with one attached hydrogen (secondary N) is 1. The van der Waals surface area contributed by atoms with E-state index in [1.54, 1.807) is 27.7 Å². The number of halogens is 2. The van der Waals surface area contributed by atoms with E-state index in [9.17, 15) is 9.59 Å². The molecule has 2 aliphatic rings. The first kappa shape index (κ1) is 28.7. The molecule has 2 aliphatic heterocycles.